The van der Waals surface area contributed by atoms with E-state index in [2.05, 4.69) is 37.2 Å². The Morgan fingerprint density at radius 3 is 2.44 bits per heavy atom. The van der Waals surface area contributed by atoms with Gasteiger partial charge in [-0.1, -0.05) is 34.1 Å². The average molecular weight is 223 g/mol. The number of aryl methyl sites for hydroxylation is 1. The molecule has 0 bridgehead atoms. The van der Waals surface area contributed by atoms with E-state index in [9.17, 15) is 0 Å². The minimum Gasteiger partial charge on any atom is -0.384 e. The van der Waals surface area contributed by atoms with Crippen LogP contribution in [0.3, 0.4) is 0 Å². The van der Waals surface area contributed by atoms with E-state index < -0.39 is 0 Å². The molecular formula is C13H25N3. The summed E-state index contributed by atoms with van der Waals surface area (Å²) >= 11 is 0. The Hall–Kier alpha value is -0.990. The monoisotopic (exact) mass is 223 g/mol. The molecule has 1 unspecified atom stereocenters. The van der Waals surface area contributed by atoms with Gasteiger partial charge in [0.2, 0.25) is 0 Å². The number of hydrogen-bond acceptors (Lipinski definition) is 2. The van der Waals surface area contributed by atoms with E-state index >= 15 is 0 Å². The van der Waals surface area contributed by atoms with Gasteiger partial charge in [0.25, 0.3) is 0 Å². The Morgan fingerprint density at radius 2 is 1.94 bits per heavy atom. The van der Waals surface area contributed by atoms with Crippen LogP contribution in [0, 0.1) is 12.8 Å². The SMILES string of the molecule is CCCC(C)c1nc(C)n(CC(C)C)c1N. The lowest BCUT2D eigenvalue weighted by Crippen LogP contribution is -2.10. The molecule has 1 atom stereocenters. The third kappa shape index (κ3) is 2.77. The maximum absolute atomic E-state index is 6.18. The molecule has 0 spiro atoms. The lowest BCUT2D eigenvalue weighted by Gasteiger charge is -2.12. The van der Waals surface area contributed by atoms with E-state index in [0.717, 1.165) is 30.3 Å². The van der Waals surface area contributed by atoms with Gasteiger partial charge in [0, 0.05) is 12.5 Å². The fraction of sp³-hybridized carbons (Fsp3) is 0.769. The Balaban J connectivity index is 2.96. The van der Waals surface area contributed by atoms with Crippen molar-refractivity contribution in [3.8, 4) is 0 Å². The summed E-state index contributed by atoms with van der Waals surface area (Å²) in [4.78, 5) is 4.62. The molecule has 3 nitrogen and oxygen atoms in total. The highest BCUT2D eigenvalue weighted by molar-refractivity contribution is 5.40. The molecule has 1 heterocycles. The zero-order chi connectivity index (χ0) is 12.3. The molecule has 1 aromatic heterocycles. The molecule has 0 saturated carbocycles. The molecule has 0 aromatic carbocycles. The predicted octanol–water partition coefficient (Wildman–Crippen LogP) is 3.33. The molecule has 92 valence electrons. The van der Waals surface area contributed by atoms with Gasteiger partial charge in [-0.15, -0.1) is 0 Å². The molecule has 0 saturated heterocycles. The Bertz CT molecular complexity index is 339. The topological polar surface area (TPSA) is 43.8 Å². The molecule has 0 fully saturated rings. The van der Waals surface area contributed by atoms with Crippen molar-refractivity contribution in [3.05, 3.63) is 11.5 Å². The van der Waals surface area contributed by atoms with E-state index in [1.807, 2.05) is 6.92 Å². The third-order valence-electron chi connectivity index (χ3n) is 2.96. The van der Waals surface area contributed by atoms with Gasteiger partial charge in [0.1, 0.15) is 11.6 Å². The highest BCUT2D eigenvalue weighted by atomic mass is 15.1. The molecular weight excluding hydrogens is 198 g/mol. The number of nitrogen functional groups attached to an aromatic ring is 1. The second kappa shape index (κ2) is 5.37. The van der Waals surface area contributed by atoms with Crippen LogP contribution < -0.4 is 5.73 Å². The third-order valence-corrected chi connectivity index (χ3v) is 2.96. The van der Waals surface area contributed by atoms with Crippen LogP contribution in [0.4, 0.5) is 5.82 Å². The first-order chi connectivity index (χ1) is 7.47. The second-order valence-electron chi connectivity index (χ2n) is 5.12. The summed E-state index contributed by atoms with van der Waals surface area (Å²) in [5.74, 6) is 2.98. The van der Waals surface area contributed by atoms with Crippen molar-refractivity contribution < 1.29 is 0 Å². The maximum atomic E-state index is 6.18. The molecule has 16 heavy (non-hydrogen) atoms. The van der Waals surface area contributed by atoms with Crippen molar-refractivity contribution in [2.75, 3.05) is 5.73 Å². The van der Waals surface area contributed by atoms with Crippen LogP contribution in [-0.4, -0.2) is 9.55 Å². The second-order valence-corrected chi connectivity index (χ2v) is 5.12. The van der Waals surface area contributed by atoms with Gasteiger partial charge < -0.3 is 10.3 Å². The molecule has 1 rings (SSSR count). The fourth-order valence-corrected chi connectivity index (χ4v) is 2.13. The number of rotatable bonds is 5. The first kappa shape index (κ1) is 13.1. The first-order valence-electron chi connectivity index (χ1n) is 6.29. The zero-order valence-corrected chi connectivity index (χ0v) is 11.2. The van der Waals surface area contributed by atoms with E-state index in [4.69, 9.17) is 5.73 Å². The highest BCUT2D eigenvalue weighted by Gasteiger charge is 2.17. The lowest BCUT2D eigenvalue weighted by atomic mass is 10.0. The highest BCUT2D eigenvalue weighted by Crippen LogP contribution is 2.26. The molecule has 0 amide bonds. The minimum atomic E-state index is 0.470. The summed E-state index contributed by atoms with van der Waals surface area (Å²) in [7, 11) is 0. The molecule has 0 radical (unpaired) electrons. The van der Waals surface area contributed by atoms with Crippen molar-refractivity contribution in [2.45, 2.75) is 59.9 Å². The number of imidazole rings is 1. The van der Waals surface area contributed by atoms with E-state index in [1.54, 1.807) is 0 Å². The lowest BCUT2D eigenvalue weighted by molar-refractivity contribution is 0.518. The Labute approximate surface area is 99.1 Å². The number of nitrogens with zero attached hydrogens (tertiary/aromatic N) is 2. The quantitative estimate of drug-likeness (QED) is 0.832. The van der Waals surface area contributed by atoms with Gasteiger partial charge in [-0.3, -0.25) is 0 Å². The zero-order valence-electron chi connectivity index (χ0n) is 11.2. The summed E-state index contributed by atoms with van der Waals surface area (Å²) in [5, 5.41) is 0. The molecule has 2 N–H and O–H groups in total. The Morgan fingerprint density at radius 1 is 1.31 bits per heavy atom. The maximum Gasteiger partial charge on any atom is 0.127 e. The van der Waals surface area contributed by atoms with Crippen LogP contribution >= 0.6 is 0 Å². The van der Waals surface area contributed by atoms with E-state index in [1.165, 1.54) is 6.42 Å². The summed E-state index contributed by atoms with van der Waals surface area (Å²) in [5.41, 5.74) is 7.27. The predicted molar refractivity (Wildman–Crippen MR) is 69.5 cm³/mol. The average Bonchev–Trinajstić information content (AvgIpc) is 2.45. The summed E-state index contributed by atoms with van der Waals surface area (Å²) in [6.07, 6.45) is 2.33. The van der Waals surface area contributed by atoms with Crippen molar-refractivity contribution >= 4 is 5.82 Å². The molecule has 0 aliphatic rings. The van der Waals surface area contributed by atoms with Crippen molar-refractivity contribution in [3.63, 3.8) is 0 Å². The van der Waals surface area contributed by atoms with Gasteiger partial charge in [-0.05, 0) is 19.3 Å². The largest absolute Gasteiger partial charge is 0.384 e. The fourth-order valence-electron chi connectivity index (χ4n) is 2.13. The van der Waals surface area contributed by atoms with Crippen LogP contribution in [-0.2, 0) is 6.54 Å². The molecule has 0 aliphatic heterocycles. The summed E-state index contributed by atoms with van der Waals surface area (Å²) in [6.45, 7) is 11.8. The van der Waals surface area contributed by atoms with Crippen LogP contribution in [0.25, 0.3) is 0 Å². The molecule has 3 heteroatoms. The number of anilines is 1. The molecule has 0 aliphatic carbocycles. The standard InChI is InChI=1S/C13H25N3/c1-6-7-10(4)12-13(14)16(8-9(2)3)11(5)15-12/h9-10H,6-8,14H2,1-5H3. The number of nitrogens with two attached hydrogens (primary N) is 1. The first-order valence-corrected chi connectivity index (χ1v) is 6.29. The van der Waals surface area contributed by atoms with Gasteiger partial charge in [-0.2, -0.15) is 0 Å². The smallest absolute Gasteiger partial charge is 0.127 e. The van der Waals surface area contributed by atoms with Crippen molar-refractivity contribution in [1.82, 2.24) is 9.55 Å². The van der Waals surface area contributed by atoms with Crippen LogP contribution in [0.15, 0.2) is 0 Å². The van der Waals surface area contributed by atoms with E-state index in [0.29, 0.717) is 11.8 Å². The van der Waals surface area contributed by atoms with Crippen molar-refractivity contribution in [2.24, 2.45) is 5.92 Å². The molecule has 1 aromatic rings. The summed E-state index contributed by atoms with van der Waals surface area (Å²) < 4.78 is 2.14. The van der Waals surface area contributed by atoms with Crippen LogP contribution in [0.1, 0.15) is 58.0 Å². The number of aromatic nitrogens is 2. The van der Waals surface area contributed by atoms with Crippen LogP contribution in [0.2, 0.25) is 0 Å². The Kier molecular flexibility index (Phi) is 4.39. The van der Waals surface area contributed by atoms with Gasteiger partial charge >= 0.3 is 0 Å². The minimum absolute atomic E-state index is 0.470. The number of hydrogen-bond donors (Lipinski definition) is 1. The van der Waals surface area contributed by atoms with Gasteiger partial charge in [0.15, 0.2) is 0 Å². The van der Waals surface area contributed by atoms with Gasteiger partial charge in [-0.25, -0.2) is 4.98 Å². The van der Waals surface area contributed by atoms with Gasteiger partial charge in [0.05, 0.1) is 5.69 Å². The summed E-state index contributed by atoms with van der Waals surface area (Å²) in [6, 6.07) is 0. The normalized spacial score (nSPS) is 13.4. The van der Waals surface area contributed by atoms with Crippen LogP contribution in [0.5, 0.6) is 0 Å². The van der Waals surface area contributed by atoms with E-state index in [-0.39, 0.29) is 0 Å². The van der Waals surface area contributed by atoms with Crippen molar-refractivity contribution in [1.29, 1.82) is 0 Å².